The van der Waals surface area contributed by atoms with Gasteiger partial charge in [-0.25, -0.2) is 0 Å². The maximum atomic E-state index is 12.9. The second kappa shape index (κ2) is 69.1. The highest BCUT2D eigenvalue weighted by Crippen LogP contribution is 2.17. The monoisotopic (exact) mass is 1130 g/mol. The van der Waals surface area contributed by atoms with Gasteiger partial charge in [0.2, 0.25) is 0 Å². The van der Waals surface area contributed by atoms with E-state index in [1.54, 1.807) is 0 Å². The minimum atomic E-state index is -0.776. The van der Waals surface area contributed by atoms with Crippen LogP contribution in [0.3, 0.4) is 0 Å². The molecule has 0 rings (SSSR count). The van der Waals surface area contributed by atoms with E-state index in [0.717, 1.165) is 96.3 Å². The summed E-state index contributed by atoms with van der Waals surface area (Å²) in [7, 11) is 0. The number of hydrogen-bond donors (Lipinski definition) is 0. The lowest BCUT2D eigenvalue weighted by Crippen LogP contribution is -2.30. The molecule has 0 aliphatic carbocycles. The van der Waals surface area contributed by atoms with Gasteiger partial charge in [0.25, 0.3) is 0 Å². The smallest absolute Gasteiger partial charge is 0.306 e. The summed E-state index contributed by atoms with van der Waals surface area (Å²) in [5.74, 6) is -0.861. The van der Waals surface area contributed by atoms with E-state index < -0.39 is 6.10 Å². The fourth-order valence-corrected chi connectivity index (χ4v) is 10.2. The molecule has 1 atom stereocenters. The molecule has 468 valence electrons. The molecule has 0 aromatic carbocycles. The molecule has 1 unspecified atom stereocenters. The van der Waals surface area contributed by atoms with Crippen LogP contribution in [0.4, 0.5) is 0 Å². The number of carbonyl (C=O) groups is 3. The van der Waals surface area contributed by atoms with Crippen LogP contribution in [-0.4, -0.2) is 37.2 Å². The van der Waals surface area contributed by atoms with E-state index in [1.165, 1.54) is 218 Å². The molecular weight excluding hydrogens is 997 g/mol. The normalized spacial score (nSPS) is 12.6. The second-order valence-electron chi connectivity index (χ2n) is 23.4. The minimum Gasteiger partial charge on any atom is -0.462 e. The summed E-state index contributed by atoms with van der Waals surface area (Å²) < 4.78 is 16.9. The van der Waals surface area contributed by atoms with Crippen molar-refractivity contribution in [2.75, 3.05) is 13.2 Å². The summed E-state index contributed by atoms with van der Waals surface area (Å²) in [6, 6.07) is 0. The molecule has 0 aliphatic heterocycles. The van der Waals surface area contributed by atoms with Crippen molar-refractivity contribution in [1.29, 1.82) is 0 Å². The molecule has 0 heterocycles. The summed E-state index contributed by atoms with van der Waals surface area (Å²) in [6.45, 7) is 6.54. The Labute approximate surface area is 503 Å². The summed E-state index contributed by atoms with van der Waals surface area (Å²) in [5.41, 5.74) is 0. The second-order valence-corrected chi connectivity index (χ2v) is 23.4. The number of ether oxygens (including phenoxy) is 3. The average Bonchev–Trinajstić information content (AvgIpc) is 3.47. The van der Waals surface area contributed by atoms with Gasteiger partial charge in [-0.3, -0.25) is 14.4 Å². The molecular formula is C75H132O6. The van der Waals surface area contributed by atoms with Gasteiger partial charge >= 0.3 is 17.9 Å². The van der Waals surface area contributed by atoms with Crippen LogP contribution in [0.15, 0.2) is 85.1 Å². The lowest BCUT2D eigenvalue weighted by atomic mass is 10.0. The topological polar surface area (TPSA) is 78.9 Å². The third-order valence-electron chi connectivity index (χ3n) is 15.4. The Morgan fingerprint density at radius 3 is 0.753 bits per heavy atom. The quantitative estimate of drug-likeness (QED) is 0.0261. The number of allylic oxidation sites excluding steroid dienone is 14. The van der Waals surface area contributed by atoms with Gasteiger partial charge in [-0.1, -0.05) is 324 Å². The van der Waals surface area contributed by atoms with Crippen LogP contribution in [0.1, 0.15) is 355 Å². The van der Waals surface area contributed by atoms with Gasteiger partial charge in [-0.2, -0.15) is 0 Å². The van der Waals surface area contributed by atoms with Crippen molar-refractivity contribution in [2.45, 2.75) is 361 Å². The summed E-state index contributed by atoms with van der Waals surface area (Å²) >= 11 is 0. The van der Waals surface area contributed by atoms with Gasteiger partial charge in [0.15, 0.2) is 6.10 Å². The van der Waals surface area contributed by atoms with Crippen molar-refractivity contribution >= 4 is 17.9 Å². The van der Waals surface area contributed by atoms with Gasteiger partial charge in [-0.05, 0) is 96.3 Å². The molecule has 0 radical (unpaired) electrons. The Bertz CT molecular complexity index is 1530. The van der Waals surface area contributed by atoms with E-state index in [4.69, 9.17) is 14.2 Å². The van der Waals surface area contributed by atoms with E-state index in [9.17, 15) is 14.4 Å². The summed E-state index contributed by atoms with van der Waals surface area (Å²) in [4.78, 5) is 38.3. The van der Waals surface area contributed by atoms with Crippen molar-refractivity contribution < 1.29 is 28.6 Å². The SMILES string of the molecule is CC/C=C\C/C=C\C/C=C\C/C=C\CCCCCCCCCCCCCCCCC(=O)OCC(COC(=O)CCCCCCCCCCC)OC(=O)CCCCCCCCCCCCCC/C=C\C/C=C\C/C=C\CCCCCCC. The molecule has 0 aromatic rings. The molecule has 81 heavy (non-hydrogen) atoms. The number of esters is 3. The lowest BCUT2D eigenvalue weighted by molar-refractivity contribution is -0.167. The Morgan fingerprint density at radius 2 is 0.481 bits per heavy atom. The molecule has 0 aromatic heterocycles. The average molecular weight is 1130 g/mol. The highest BCUT2D eigenvalue weighted by atomic mass is 16.6. The Morgan fingerprint density at radius 1 is 0.259 bits per heavy atom. The number of unbranched alkanes of at least 4 members (excludes halogenated alkanes) is 39. The predicted octanol–water partition coefficient (Wildman–Crippen LogP) is 24.2. The van der Waals surface area contributed by atoms with E-state index in [-0.39, 0.29) is 31.1 Å². The summed E-state index contributed by atoms with van der Waals surface area (Å²) in [6.07, 6.45) is 91.9. The first-order valence-corrected chi connectivity index (χ1v) is 35.1. The molecule has 0 bridgehead atoms. The molecule has 0 saturated heterocycles. The molecule has 0 amide bonds. The molecule has 6 nitrogen and oxygen atoms in total. The minimum absolute atomic E-state index is 0.0730. The van der Waals surface area contributed by atoms with E-state index in [1.807, 2.05) is 0 Å². The first-order valence-electron chi connectivity index (χ1n) is 35.1. The fourth-order valence-electron chi connectivity index (χ4n) is 10.2. The van der Waals surface area contributed by atoms with Crippen molar-refractivity contribution in [2.24, 2.45) is 0 Å². The zero-order valence-corrected chi connectivity index (χ0v) is 53.8. The van der Waals surface area contributed by atoms with Crippen molar-refractivity contribution in [3.63, 3.8) is 0 Å². The highest BCUT2D eigenvalue weighted by Gasteiger charge is 2.19. The highest BCUT2D eigenvalue weighted by molar-refractivity contribution is 5.71. The van der Waals surface area contributed by atoms with Crippen LogP contribution in [0.2, 0.25) is 0 Å². The maximum absolute atomic E-state index is 12.9. The molecule has 0 spiro atoms. The van der Waals surface area contributed by atoms with Crippen LogP contribution < -0.4 is 0 Å². The third-order valence-corrected chi connectivity index (χ3v) is 15.4. The third kappa shape index (κ3) is 67.3. The lowest BCUT2D eigenvalue weighted by Gasteiger charge is -2.18. The van der Waals surface area contributed by atoms with Crippen LogP contribution >= 0.6 is 0 Å². The largest absolute Gasteiger partial charge is 0.462 e. The van der Waals surface area contributed by atoms with Crippen molar-refractivity contribution in [3.8, 4) is 0 Å². The molecule has 0 saturated carbocycles. The standard InChI is InChI=1S/C75H132O6/c1-4-7-10-13-16-19-21-23-25-27-29-31-33-35-37-39-41-43-45-47-49-51-53-56-59-62-65-68-74(77)80-71-72(70-79-73(76)67-64-61-58-55-18-15-12-9-6-3)81-75(78)69-66-63-60-57-54-52-50-48-46-44-42-40-38-36-34-32-30-28-26-24-22-20-17-14-11-8-5-2/h7,10,16,19,22-25,28-31,34,36,72H,4-6,8-9,11-15,17-18,20-21,26-27,32-33,35,37-71H2,1-3H3/b10-7-,19-16-,24-22-,25-23-,30-28-,31-29-,36-34-. The molecule has 0 N–H and O–H groups in total. The summed E-state index contributed by atoms with van der Waals surface area (Å²) in [5, 5.41) is 0. The Hall–Kier alpha value is -3.41. The van der Waals surface area contributed by atoms with E-state index in [2.05, 4.69) is 106 Å². The van der Waals surface area contributed by atoms with Gasteiger partial charge in [0.1, 0.15) is 13.2 Å². The number of carbonyl (C=O) groups excluding carboxylic acids is 3. The zero-order chi connectivity index (χ0) is 58.5. The van der Waals surface area contributed by atoms with Gasteiger partial charge in [-0.15, -0.1) is 0 Å². The Balaban J connectivity index is 4.15. The molecule has 6 heteroatoms. The first-order chi connectivity index (χ1) is 40.0. The fraction of sp³-hybridized carbons (Fsp3) is 0.773. The first kappa shape index (κ1) is 77.6. The van der Waals surface area contributed by atoms with Crippen LogP contribution in [0, 0.1) is 0 Å². The van der Waals surface area contributed by atoms with Gasteiger partial charge in [0, 0.05) is 19.3 Å². The van der Waals surface area contributed by atoms with Gasteiger partial charge in [0.05, 0.1) is 0 Å². The molecule has 0 aliphatic rings. The van der Waals surface area contributed by atoms with Crippen LogP contribution in [-0.2, 0) is 28.6 Å². The van der Waals surface area contributed by atoms with E-state index >= 15 is 0 Å². The van der Waals surface area contributed by atoms with Crippen LogP contribution in [0.25, 0.3) is 0 Å². The van der Waals surface area contributed by atoms with Crippen molar-refractivity contribution in [3.05, 3.63) is 85.1 Å². The number of hydrogen-bond acceptors (Lipinski definition) is 6. The van der Waals surface area contributed by atoms with Crippen molar-refractivity contribution in [1.82, 2.24) is 0 Å². The van der Waals surface area contributed by atoms with E-state index in [0.29, 0.717) is 19.3 Å². The predicted molar refractivity (Wildman–Crippen MR) is 353 cm³/mol. The Kier molecular flexibility index (Phi) is 66.2. The van der Waals surface area contributed by atoms with Gasteiger partial charge < -0.3 is 14.2 Å². The van der Waals surface area contributed by atoms with Crippen LogP contribution in [0.5, 0.6) is 0 Å². The maximum Gasteiger partial charge on any atom is 0.306 e. The molecule has 0 fully saturated rings. The zero-order valence-electron chi connectivity index (χ0n) is 53.8. The number of rotatable bonds is 64.